The lowest BCUT2D eigenvalue weighted by Crippen LogP contribution is -2.34. The zero-order chi connectivity index (χ0) is 12.8. The molecule has 0 heterocycles. The third-order valence-electron chi connectivity index (χ3n) is 2.99. The van der Waals surface area contributed by atoms with E-state index in [-0.39, 0.29) is 15.5 Å². The van der Waals surface area contributed by atoms with Gasteiger partial charge in [-0.3, -0.25) is 0 Å². The average molecular weight is 275 g/mol. The summed E-state index contributed by atoms with van der Waals surface area (Å²) in [5.74, 6) is 0. The Hall–Kier alpha value is -0.780. The normalized spacial score (nSPS) is 18.1. The molecular formula is C11H15ClN2O2S. The number of nitrogens with one attached hydrogen (secondary N) is 1. The van der Waals surface area contributed by atoms with Gasteiger partial charge in [0.1, 0.15) is 4.90 Å². The number of hydrogen-bond donors (Lipinski definition) is 2. The number of hydrogen-bond acceptors (Lipinski definition) is 3. The second-order valence-electron chi connectivity index (χ2n) is 4.81. The van der Waals surface area contributed by atoms with Crippen molar-refractivity contribution in [3.05, 3.63) is 22.7 Å². The van der Waals surface area contributed by atoms with Crippen LogP contribution in [-0.2, 0) is 10.0 Å². The van der Waals surface area contributed by atoms with E-state index in [2.05, 4.69) is 4.72 Å². The van der Waals surface area contributed by atoms with Gasteiger partial charge >= 0.3 is 0 Å². The lowest BCUT2D eigenvalue weighted by atomic mass is 10.2. The summed E-state index contributed by atoms with van der Waals surface area (Å²) in [4.78, 5) is 0.0513. The average Bonchev–Trinajstić information content (AvgIpc) is 2.88. The zero-order valence-electron chi connectivity index (χ0n) is 9.75. The Kier molecular flexibility index (Phi) is 2.88. The molecule has 2 rings (SSSR count). The Morgan fingerprint density at radius 3 is 2.53 bits per heavy atom. The molecule has 1 aromatic rings. The maximum Gasteiger partial charge on any atom is 0.242 e. The van der Waals surface area contributed by atoms with Crippen LogP contribution in [0.25, 0.3) is 0 Å². The topological polar surface area (TPSA) is 72.2 Å². The van der Waals surface area contributed by atoms with Crippen LogP contribution in [-0.4, -0.2) is 14.0 Å². The van der Waals surface area contributed by atoms with Crippen LogP contribution in [0, 0.1) is 6.92 Å². The molecule has 0 saturated heterocycles. The molecule has 1 saturated carbocycles. The molecule has 0 radical (unpaired) electrons. The second-order valence-corrected chi connectivity index (χ2v) is 6.86. The Morgan fingerprint density at radius 2 is 2.00 bits per heavy atom. The Balaban J connectivity index is 2.42. The first kappa shape index (κ1) is 12.7. The number of rotatable bonds is 3. The van der Waals surface area contributed by atoms with Crippen LogP contribution >= 0.6 is 11.6 Å². The summed E-state index contributed by atoms with van der Waals surface area (Å²) in [6.45, 7) is 3.66. The minimum atomic E-state index is -3.59. The number of nitrogen functional groups attached to an aromatic ring is 1. The van der Waals surface area contributed by atoms with Gasteiger partial charge in [-0.05, 0) is 44.4 Å². The first-order valence-corrected chi connectivity index (χ1v) is 7.19. The minimum Gasteiger partial charge on any atom is -0.398 e. The number of halogens is 1. The summed E-state index contributed by atoms with van der Waals surface area (Å²) in [6, 6.07) is 2.98. The van der Waals surface area contributed by atoms with Crippen LogP contribution in [0.1, 0.15) is 25.3 Å². The molecule has 0 amide bonds. The van der Waals surface area contributed by atoms with Gasteiger partial charge in [0.2, 0.25) is 10.0 Å². The van der Waals surface area contributed by atoms with Crippen molar-refractivity contribution in [2.24, 2.45) is 0 Å². The van der Waals surface area contributed by atoms with Crippen molar-refractivity contribution in [3.8, 4) is 0 Å². The molecule has 0 aliphatic heterocycles. The molecule has 1 aliphatic rings. The van der Waals surface area contributed by atoms with E-state index in [1.54, 1.807) is 13.0 Å². The monoisotopic (exact) mass is 274 g/mol. The van der Waals surface area contributed by atoms with Gasteiger partial charge in [-0.1, -0.05) is 11.6 Å². The molecule has 6 heteroatoms. The van der Waals surface area contributed by atoms with E-state index >= 15 is 0 Å². The van der Waals surface area contributed by atoms with Crippen LogP contribution in [0.3, 0.4) is 0 Å². The minimum absolute atomic E-state index is 0.0513. The van der Waals surface area contributed by atoms with Gasteiger partial charge in [-0.15, -0.1) is 0 Å². The zero-order valence-corrected chi connectivity index (χ0v) is 11.3. The third kappa shape index (κ3) is 2.56. The van der Waals surface area contributed by atoms with Gasteiger partial charge in [0.25, 0.3) is 0 Å². The SMILES string of the molecule is Cc1cc(Cl)c(S(=O)(=O)NC2(C)CC2)cc1N. The molecule has 0 unspecified atom stereocenters. The molecule has 17 heavy (non-hydrogen) atoms. The quantitative estimate of drug-likeness (QED) is 0.829. The number of aryl methyl sites for hydroxylation is 1. The summed E-state index contributed by atoms with van der Waals surface area (Å²) in [5.41, 5.74) is 6.59. The molecule has 0 bridgehead atoms. The van der Waals surface area contributed by atoms with E-state index in [1.165, 1.54) is 6.07 Å². The van der Waals surface area contributed by atoms with Gasteiger partial charge in [-0.2, -0.15) is 0 Å². The van der Waals surface area contributed by atoms with E-state index in [4.69, 9.17) is 17.3 Å². The van der Waals surface area contributed by atoms with E-state index < -0.39 is 10.0 Å². The molecule has 1 fully saturated rings. The van der Waals surface area contributed by atoms with Crippen molar-refractivity contribution in [2.75, 3.05) is 5.73 Å². The summed E-state index contributed by atoms with van der Waals surface area (Å²) >= 11 is 5.96. The van der Waals surface area contributed by atoms with Gasteiger partial charge in [0.15, 0.2) is 0 Å². The van der Waals surface area contributed by atoms with Gasteiger partial charge < -0.3 is 5.73 Å². The number of nitrogens with two attached hydrogens (primary N) is 1. The highest BCUT2D eigenvalue weighted by Gasteiger charge is 2.41. The molecule has 0 aromatic heterocycles. The molecule has 0 spiro atoms. The van der Waals surface area contributed by atoms with Crippen LogP contribution in [0.15, 0.2) is 17.0 Å². The highest BCUT2D eigenvalue weighted by molar-refractivity contribution is 7.89. The van der Waals surface area contributed by atoms with Gasteiger partial charge in [0.05, 0.1) is 5.02 Å². The van der Waals surface area contributed by atoms with Crippen LogP contribution in [0.4, 0.5) is 5.69 Å². The van der Waals surface area contributed by atoms with Crippen molar-refractivity contribution >= 4 is 27.3 Å². The van der Waals surface area contributed by atoms with E-state index in [0.717, 1.165) is 18.4 Å². The highest BCUT2D eigenvalue weighted by atomic mass is 35.5. The standard InChI is InChI=1S/C11H15ClN2O2S/c1-7-5-8(12)10(6-9(7)13)17(15,16)14-11(2)3-4-11/h5-6,14H,3-4,13H2,1-2H3. The maximum atomic E-state index is 12.1. The van der Waals surface area contributed by atoms with Crippen molar-refractivity contribution in [2.45, 2.75) is 37.1 Å². The van der Waals surface area contributed by atoms with Gasteiger partial charge in [-0.25, -0.2) is 13.1 Å². The molecule has 1 aliphatic carbocycles. The van der Waals surface area contributed by atoms with Crippen molar-refractivity contribution < 1.29 is 8.42 Å². The van der Waals surface area contributed by atoms with Crippen molar-refractivity contribution in [3.63, 3.8) is 0 Å². The van der Waals surface area contributed by atoms with Crippen molar-refractivity contribution in [1.82, 2.24) is 4.72 Å². The fraction of sp³-hybridized carbons (Fsp3) is 0.455. The fourth-order valence-electron chi connectivity index (χ4n) is 1.54. The Labute approximate surface area is 106 Å². The molecule has 0 atom stereocenters. The summed E-state index contributed by atoms with van der Waals surface area (Å²) in [5, 5.41) is 0.202. The summed E-state index contributed by atoms with van der Waals surface area (Å²) < 4.78 is 26.9. The van der Waals surface area contributed by atoms with Crippen molar-refractivity contribution in [1.29, 1.82) is 0 Å². The number of sulfonamides is 1. The Bertz CT molecular complexity index is 565. The lowest BCUT2D eigenvalue weighted by molar-refractivity contribution is 0.558. The van der Waals surface area contributed by atoms with Crippen LogP contribution in [0.2, 0.25) is 5.02 Å². The number of anilines is 1. The highest BCUT2D eigenvalue weighted by Crippen LogP contribution is 2.37. The number of benzene rings is 1. The van der Waals surface area contributed by atoms with Crippen LogP contribution in [0.5, 0.6) is 0 Å². The molecule has 3 N–H and O–H groups in total. The Morgan fingerprint density at radius 1 is 1.41 bits per heavy atom. The predicted molar refractivity (Wildman–Crippen MR) is 68.6 cm³/mol. The molecule has 1 aromatic carbocycles. The second kappa shape index (κ2) is 3.86. The summed E-state index contributed by atoms with van der Waals surface area (Å²) in [7, 11) is -3.59. The molecular weight excluding hydrogens is 260 g/mol. The smallest absolute Gasteiger partial charge is 0.242 e. The van der Waals surface area contributed by atoms with E-state index in [9.17, 15) is 8.42 Å². The lowest BCUT2D eigenvalue weighted by Gasteiger charge is -2.14. The van der Waals surface area contributed by atoms with Gasteiger partial charge in [0, 0.05) is 11.2 Å². The summed E-state index contributed by atoms with van der Waals surface area (Å²) in [6.07, 6.45) is 1.70. The first-order valence-electron chi connectivity index (χ1n) is 5.33. The first-order chi connectivity index (χ1) is 7.73. The van der Waals surface area contributed by atoms with E-state index in [1.807, 2.05) is 6.92 Å². The molecule has 94 valence electrons. The maximum absolute atomic E-state index is 12.1. The fourth-order valence-corrected chi connectivity index (χ4v) is 3.63. The molecule has 4 nitrogen and oxygen atoms in total. The largest absolute Gasteiger partial charge is 0.398 e. The van der Waals surface area contributed by atoms with E-state index in [0.29, 0.717) is 5.69 Å². The van der Waals surface area contributed by atoms with Crippen LogP contribution < -0.4 is 10.5 Å². The third-order valence-corrected chi connectivity index (χ3v) is 5.09. The predicted octanol–water partition coefficient (Wildman–Crippen LogP) is 2.06.